The molecule has 1 fully saturated rings. The zero-order valence-corrected chi connectivity index (χ0v) is 10.9. The van der Waals surface area contributed by atoms with Gasteiger partial charge in [0.05, 0.1) is 12.0 Å². The summed E-state index contributed by atoms with van der Waals surface area (Å²) in [4.78, 5) is 15.8. The summed E-state index contributed by atoms with van der Waals surface area (Å²) >= 11 is 0. The molecule has 1 aliphatic rings. The highest BCUT2D eigenvalue weighted by Gasteiger charge is 2.35. The van der Waals surface area contributed by atoms with Crippen molar-refractivity contribution >= 4 is 11.8 Å². The van der Waals surface area contributed by atoms with Gasteiger partial charge in [-0.2, -0.15) is 18.4 Å². The molecule has 0 amide bonds. The molecular formula is C13H12F3N3O2. The van der Waals surface area contributed by atoms with Crippen LogP contribution >= 0.6 is 0 Å². The first-order valence-corrected chi connectivity index (χ1v) is 6.29. The van der Waals surface area contributed by atoms with Crippen molar-refractivity contribution in [2.24, 2.45) is 0 Å². The molecule has 0 bridgehead atoms. The standard InChI is InChI=1S/C13H12F3N3O2/c14-13(15,16)10-4-3-8(7-17)12(18-10)19-5-1-2-9(19)6-11(20)21/h3-4,9H,1-2,5-6H2,(H,20,21). The second-order valence-corrected chi connectivity index (χ2v) is 4.76. The van der Waals surface area contributed by atoms with Crippen LogP contribution in [0, 0.1) is 11.3 Å². The lowest BCUT2D eigenvalue weighted by molar-refractivity contribution is -0.141. The van der Waals surface area contributed by atoms with E-state index in [0.29, 0.717) is 19.4 Å². The van der Waals surface area contributed by atoms with Crippen LogP contribution in [0.2, 0.25) is 0 Å². The molecule has 1 atom stereocenters. The van der Waals surface area contributed by atoms with Gasteiger partial charge < -0.3 is 10.0 Å². The molecule has 1 aliphatic heterocycles. The Morgan fingerprint density at radius 2 is 2.24 bits per heavy atom. The summed E-state index contributed by atoms with van der Waals surface area (Å²) < 4.78 is 38.2. The topological polar surface area (TPSA) is 77.2 Å². The zero-order chi connectivity index (χ0) is 15.6. The van der Waals surface area contributed by atoms with Crippen LogP contribution in [0.25, 0.3) is 0 Å². The lowest BCUT2D eigenvalue weighted by Gasteiger charge is -2.26. The fraction of sp³-hybridized carbons (Fsp3) is 0.462. The van der Waals surface area contributed by atoms with Crippen molar-refractivity contribution in [2.75, 3.05) is 11.4 Å². The third-order valence-electron chi connectivity index (χ3n) is 3.35. The van der Waals surface area contributed by atoms with Crippen molar-refractivity contribution in [3.05, 3.63) is 23.4 Å². The van der Waals surface area contributed by atoms with Gasteiger partial charge in [0.25, 0.3) is 0 Å². The van der Waals surface area contributed by atoms with Crippen molar-refractivity contribution in [1.29, 1.82) is 5.26 Å². The molecule has 0 aliphatic carbocycles. The predicted octanol–water partition coefficient (Wildman–Crippen LogP) is 2.42. The molecule has 1 saturated heterocycles. The van der Waals surface area contributed by atoms with Crippen LogP contribution in [0.4, 0.5) is 19.0 Å². The Labute approximate surface area is 118 Å². The number of alkyl halides is 3. The van der Waals surface area contributed by atoms with Gasteiger partial charge in [-0.05, 0) is 25.0 Å². The van der Waals surface area contributed by atoms with Crippen LogP contribution in [-0.2, 0) is 11.0 Å². The maximum atomic E-state index is 12.7. The van der Waals surface area contributed by atoms with Crippen LogP contribution in [0.15, 0.2) is 12.1 Å². The molecule has 5 nitrogen and oxygen atoms in total. The Morgan fingerprint density at radius 3 is 2.81 bits per heavy atom. The number of anilines is 1. The van der Waals surface area contributed by atoms with E-state index in [0.717, 1.165) is 12.1 Å². The van der Waals surface area contributed by atoms with Crippen molar-refractivity contribution < 1.29 is 23.1 Å². The molecule has 21 heavy (non-hydrogen) atoms. The Hall–Kier alpha value is -2.30. The van der Waals surface area contributed by atoms with E-state index in [-0.39, 0.29) is 17.8 Å². The monoisotopic (exact) mass is 299 g/mol. The third-order valence-corrected chi connectivity index (χ3v) is 3.35. The van der Waals surface area contributed by atoms with E-state index < -0.39 is 23.9 Å². The number of halogens is 3. The summed E-state index contributed by atoms with van der Waals surface area (Å²) in [5, 5.41) is 17.9. The van der Waals surface area contributed by atoms with Crippen molar-refractivity contribution in [3.8, 4) is 6.07 Å². The van der Waals surface area contributed by atoms with Crippen LogP contribution < -0.4 is 4.90 Å². The summed E-state index contributed by atoms with van der Waals surface area (Å²) in [6.07, 6.45) is -3.59. The number of carboxylic acid groups (broad SMARTS) is 1. The highest BCUT2D eigenvalue weighted by Crippen LogP contribution is 2.33. The molecule has 1 aromatic rings. The summed E-state index contributed by atoms with van der Waals surface area (Å²) in [5.41, 5.74) is -1.07. The first kappa shape index (κ1) is 15.1. The van der Waals surface area contributed by atoms with Crippen molar-refractivity contribution in [3.63, 3.8) is 0 Å². The van der Waals surface area contributed by atoms with Gasteiger partial charge in [-0.25, -0.2) is 4.98 Å². The number of nitriles is 1. The predicted molar refractivity (Wildman–Crippen MR) is 66.6 cm³/mol. The number of hydrogen-bond donors (Lipinski definition) is 1. The number of hydrogen-bond acceptors (Lipinski definition) is 4. The lowest BCUT2D eigenvalue weighted by Crippen LogP contribution is -2.33. The second-order valence-electron chi connectivity index (χ2n) is 4.76. The Kier molecular flexibility index (Phi) is 4.02. The molecule has 0 aromatic carbocycles. The van der Waals surface area contributed by atoms with Crippen LogP contribution in [-0.4, -0.2) is 28.6 Å². The largest absolute Gasteiger partial charge is 0.481 e. The third kappa shape index (κ3) is 3.24. The van der Waals surface area contributed by atoms with E-state index in [1.165, 1.54) is 4.90 Å². The quantitative estimate of drug-likeness (QED) is 0.927. The number of aromatic nitrogens is 1. The van der Waals surface area contributed by atoms with Crippen LogP contribution in [0.5, 0.6) is 0 Å². The first-order valence-electron chi connectivity index (χ1n) is 6.29. The van der Waals surface area contributed by atoms with Gasteiger partial charge in [0, 0.05) is 12.6 Å². The van der Waals surface area contributed by atoms with Gasteiger partial charge in [0.2, 0.25) is 0 Å². The first-order chi connectivity index (χ1) is 9.82. The molecule has 0 spiro atoms. The second kappa shape index (κ2) is 5.60. The SMILES string of the molecule is N#Cc1ccc(C(F)(F)F)nc1N1CCCC1CC(=O)O. The minimum absolute atomic E-state index is 0.0142. The molecule has 1 unspecified atom stereocenters. The maximum Gasteiger partial charge on any atom is 0.433 e. The average molecular weight is 299 g/mol. The fourth-order valence-electron chi connectivity index (χ4n) is 2.44. The molecule has 0 radical (unpaired) electrons. The van der Waals surface area contributed by atoms with Gasteiger partial charge in [-0.1, -0.05) is 0 Å². The van der Waals surface area contributed by atoms with Crippen LogP contribution in [0.1, 0.15) is 30.5 Å². The molecule has 1 N–H and O–H groups in total. The smallest absolute Gasteiger partial charge is 0.433 e. The van der Waals surface area contributed by atoms with Crippen molar-refractivity contribution in [2.45, 2.75) is 31.5 Å². The van der Waals surface area contributed by atoms with E-state index >= 15 is 0 Å². The Bertz CT molecular complexity index is 595. The summed E-state index contributed by atoms with van der Waals surface area (Å²) in [6.45, 7) is 0.390. The lowest BCUT2D eigenvalue weighted by atomic mass is 10.1. The van der Waals surface area contributed by atoms with Gasteiger partial charge in [-0.15, -0.1) is 0 Å². The summed E-state index contributed by atoms with van der Waals surface area (Å²) in [7, 11) is 0. The molecular weight excluding hydrogens is 287 g/mol. The molecule has 0 saturated carbocycles. The molecule has 8 heteroatoms. The fourth-order valence-corrected chi connectivity index (χ4v) is 2.44. The maximum absolute atomic E-state index is 12.7. The van der Waals surface area contributed by atoms with Crippen molar-refractivity contribution in [1.82, 2.24) is 4.98 Å². The number of carboxylic acids is 1. The van der Waals surface area contributed by atoms with Gasteiger partial charge in [-0.3, -0.25) is 4.79 Å². The number of aliphatic carboxylic acids is 1. The normalized spacial score (nSPS) is 18.6. The molecule has 2 heterocycles. The molecule has 1 aromatic heterocycles. The van der Waals surface area contributed by atoms with Gasteiger partial charge in [0.15, 0.2) is 0 Å². The van der Waals surface area contributed by atoms with Gasteiger partial charge >= 0.3 is 12.1 Å². The average Bonchev–Trinajstić information content (AvgIpc) is 2.84. The van der Waals surface area contributed by atoms with E-state index in [1.54, 1.807) is 6.07 Å². The number of nitrogens with zero attached hydrogens (tertiary/aromatic N) is 3. The number of rotatable bonds is 3. The minimum Gasteiger partial charge on any atom is -0.481 e. The minimum atomic E-state index is -4.61. The van der Waals surface area contributed by atoms with E-state index in [9.17, 15) is 18.0 Å². The van der Waals surface area contributed by atoms with E-state index in [2.05, 4.69) is 4.98 Å². The van der Waals surface area contributed by atoms with E-state index in [1.807, 2.05) is 0 Å². The van der Waals surface area contributed by atoms with E-state index in [4.69, 9.17) is 10.4 Å². The van der Waals surface area contributed by atoms with Gasteiger partial charge in [0.1, 0.15) is 17.6 Å². The number of carbonyl (C=O) groups is 1. The molecule has 112 valence electrons. The Balaban J connectivity index is 2.41. The number of pyridine rings is 1. The van der Waals surface area contributed by atoms with Crippen LogP contribution in [0.3, 0.4) is 0 Å². The highest BCUT2D eigenvalue weighted by molar-refractivity contribution is 5.69. The molecule has 2 rings (SSSR count). The Morgan fingerprint density at radius 1 is 1.52 bits per heavy atom. The summed E-state index contributed by atoms with van der Waals surface area (Å²) in [5.74, 6) is -1.12. The summed E-state index contributed by atoms with van der Waals surface area (Å²) in [6, 6.07) is 3.19. The zero-order valence-electron chi connectivity index (χ0n) is 10.9. The highest BCUT2D eigenvalue weighted by atomic mass is 19.4.